The van der Waals surface area contributed by atoms with Crippen molar-refractivity contribution in [1.29, 1.82) is 0 Å². The molecule has 31 heavy (non-hydrogen) atoms. The number of alkyl halides is 3. The summed E-state index contributed by atoms with van der Waals surface area (Å²) in [5.41, 5.74) is 3.79. The number of halogens is 3. The monoisotopic (exact) mass is 451 g/mol. The Kier molecular flexibility index (Phi) is 6.68. The lowest BCUT2D eigenvalue weighted by atomic mass is 10.0. The molecule has 0 saturated carbocycles. The van der Waals surface area contributed by atoms with Crippen molar-refractivity contribution in [2.75, 3.05) is 4.72 Å². The van der Waals surface area contributed by atoms with Crippen LogP contribution in [0, 0.1) is 13.8 Å². The van der Waals surface area contributed by atoms with E-state index in [1.54, 1.807) is 44.2 Å². The molecule has 3 rings (SSSR count). The average Bonchev–Trinajstić information content (AvgIpc) is 2.69. The summed E-state index contributed by atoms with van der Waals surface area (Å²) in [4.78, 5) is 0.399. The molecule has 0 aliphatic rings. The number of aryl methyl sites for hydroxylation is 1. The van der Waals surface area contributed by atoms with Gasteiger partial charge in [-0.25, -0.2) is 4.21 Å². The standard InChI is InChI=1S/C22H20F3NO4S/c1-13-11-19(12-20(14(13)2)21(27)28)31(29)26-17-7-3-15(4-8-17)16-5-9-18(10-6-16)30-22(23,24)25/h3-12,21,26-28H,1-2H3. The Bertz CT molecular complexity index is 1080. The number of hydrogen-bond acceptors (Lipinski definition) is 4. The number of nitrogens with one attached hydrogen (secondary N) is 1. The van der Waals surface area contributed by atoms with Gasteiger partial charge in [-0.05, 0) is 72.5 Å². The Morgan fingerprint density at radius 3 is 2.00 bits per heavy atom. The quantitative estimate of drug-likeness (QED) is 0.462. The van der Waals surface area contributed by atoms with Crippen molar-refractivity contribution in [3.63, 3.8) is 0 Å². The van der Waals surface area contributed by atoms with Gasteiger partial charge in [-0.2, -0.15) is 0 Å². The summed E-state index contributed by atoms with van der Waals surface area (Å²) in [5.74, 6) is -0.300. The van der Waals surface area contributed by atoms with Crippen LogP contribution in [0.15, 0.2) is 65.6 Å². The minimum absolute atomic E-state index is 0.290. The summed E-state index contributed by atoms with van der Waals surface area (Å²) >= 11 is 0. The Hall–Kier alpha value is -2.88. The van der Waals surface area contributed by atoms with Crippen molar-refractivity contribution in [3.8, 4) is 16.9 Å². The third-order valence-electron chi connectivity index (χ3n) is 4.69. The lowest BCUT2D eigenvalue weighted by Gasteiger charge is -2.14. The van der Waals surface area contributed by atoms with Crippen LogP contribution in [0.3, 0.4) is 0 Å². The first-order chi connectivity index (χ1) is 14.5. The predicted molar refractivity (Wildman–Crippen MR) is 112 cm³/mol. The number of aliphatic hydroxyl groups is 2. The zero-order chi connectivity index (χ0) is 22.8. The van der Waals surface area contributed by atoms with Gasteiger partial charge in [-0.3, -0.25) is 0 Å². The molecule has 1 unspecified atom stereocenters. The number of ether oxygens (including phenoxy) is 1. The van der Waals surface area contributed by atoms with Crippen molar-refractivity contribution in [3.05, 3.63) is 77.4 Å². The highest BCUT2D eigenvalue weighted by Gasteiger charge is 2.30. The smallest absolute Gasteiger partial charge is 0.406 e. The van der Waals surface area contributed by atoms with Crippen LogP contribution in [-0.4, -0.2) is 20.8 Å². The molecular weight excluding hydrogens is 431 g/mol. The zero-order valence-corrected chi connectivity index (χ0v) is 17.4. The van der Waals surface area contributed by atoms with Crippen LogP contribution < -0.4 is 9.46 Å². The first kappa shape index (κ1) is 22.8. The van der Waals surface area contributed by atoms with Crippen LogP contribution in [0.4, 0.5) is 18.9 Å². The van der Waals surface area contributed by atoms with E-state index >= 15 is 0 Å². The number of benzene rings is 3. The number of rotatable bonds is 6. The summed E-state index contributed by atoms with van der Waals surface area (Å²) in [5, 5.41) is 19.0. The predicted octanol–water partition coefficient (Wildman–Crippen LogP) is 4.99. The van der Waals surface area contributed by atoms with Gasteiger partial charge in [-0.15, -0.1) is 13.2 Å². The second-order valence-corrected chi connectivity index (χ2v) is 8.06. The number of aliphatic hydroxyl groups excluding tert-OH is 1. The topological polar surface area (TPSA) is 78.8 Å². The second-order valence-electron chi connectivity index (χ2n) is 6.85. The maximum atomic E-state index is 12.7. The van der Waals surface area contributed by atoms with E-state index < -0.39 is 23.6 Å². The fourth-order valence-corrected chi connectivity index (χ4v) is 3.96. The molecule has 0 heterocycles. The first-order valence-corrected chi connectivity index (χ1v) is 10.3. The van der Waals surface area contributed by atoms with E-state index in [9.17, 15) is 27.6 Å². The molecule has 5 nitrogen and oxygen atoms in total. The van der Waals surface area contributed by atoms with E-state index in [1.165, 1.54) is 30.3 Å². The maximum Gasteiger partial charge on any atom is 0.573 e. The number of anilines is 1. The molecule has 0 radical (unpaired) electrons. The Balaban J connectivity index is 1.73. The lowest BCUT2D eigenvalue weighted by Crippen LogP contribution is -2.16. The molecule has 3 aromatic carbocycles. The van der Waals surface area contributed by atoms with E-state index in [0.717, 1.165) is 11.1 Å². The van der Waals surface area contributed by atoms with Crippen LogP contribution in [0.25, 0.3) is 11.1 Å². The average molecular weight is 451 g/mol. The van der Waals surface area contributed by atoms with E-state index in [1.807, 2.05) is 0 Å². The van der Waals surface area contributed by atoms with Gasteiger partial charge < -0.3 is 19.7 Å². The summed E-state index contributed by atoms with van der Waals surface area (Å²) in [6, 6.07) is 15.5. The van der Waals surface area contributed by atoms with Crippen LogP contribution in [0.5, 0.6) is 5.75 Å². The van der Waals surface area contributed by atoms with Crippen molar-refractivity contribution in [1.82, 2.24) is 0 Å². The molecule has 3 aromatic rings. The minimum Gasteiger partial charge on any atom is -0.406 e. The van der Waals surface area contributed by atoms with Gasteiger partial charge in [0.1, 0.15) is 16.7 Å². The molecule has 0 spiro atoms. The van der Waals surface area contributed by atoms with Gasteiger partial charge in [0.25, 0.3) is 0 Å². The summed E-state index contributed by atoms with van der Waals surface area (Å²) in [6.07, 6.45) is -6.40. The van der Waals surface area contributed by atoms with E-state index in [2.05, 4.69) is 9.46 Å². The van der Waals surface area contributed by atoms with Crippen LogP contribution in [0.1, 0.15) is 23.0 Å². The molecule has 3 N–H and O–H groups in total. The largest absolute Gasteiger partial charge is 0.573 e. The molecule has 0 saturated heterocycles. The molecule has 0 amide bonds. The van der Waals surface area contributed by atoms with Gasteiger partial charge in [-0.1, -0.05) is 24.3 Å². The molecule has 0 aliphatic heterocycles. The van der Waals surface area contributed by atoms with Gasteiger partial charge in [0.2, 0.25) is 0 Å². The van der Waals surface area contributed by atoms with Crippen LogP contribution in [-0.2, 0) is 11.0 Å². The van der Waals surface area contributed by atoms with Crippen molar-refractivity contribution in [2.24, 2.45) is 0 Å². The van der Waals surface area contributed by atoms with E-state index in [4.69, 9.17) is 0 Å². The Morgan fingerprint density at radius 1 is 0.935 bits per heavy atom. The molecule has 0 aliphatic carbocycles. The molecule has 1 atom stereocenters. The summed E-state index contributed by atoms with van der Waals surface area (Å²) < 4.78 is 56.2. The molecule has 0 aromatic heterocycles. The van der Waals surface area contributed by atoms with Crippen molar-refractivity contribution < 1.29 is 32.3 Å². The molecule has 164 valence electrons. The maximum absolute atomic E-state index is 12.7. The number of hydrogen-bond donors (Lipinski definition) is 3. The van der Waals surface area contributed by atoms with Crippen molar-refractivity contribution >= 4 is 16.7 Å². The SMILES string of the molecule is Cc1cc(S(=O)Nc2ccc(-c3ccc(OC(F)(F)F)cc3)cc2)cc(C(O)O)c1C. The molecule has 0 bridgehead atoms. The van der Waals surface area contributed by atoms with E-state index in [-0.39, 0.29) is 5.75 Å². The summed E-state index contributed by atoms with van der Waals surface area (Å²) in [7, 11) is -1.64. The summed E-state index contributed by atoms with van der Waals surface area (Å²) in [6.45, 7) is 3.55. The highest BCUT2D eigenvalue weighted by Crippen LogP contribution is 2.28. The lowest BCUT2D eigenvalue weighted by molar-refractivity contribution is -0.274. The Labute approximate surface area is 179 Å². The van der Waals surface area contributed by atoms with Crippen LogP contribution >= 0.6 is 0 Å². The third-order valence-corrected chi connectivity index (χ3v) is 5.77. The zero-order valence-electron chi connectivity index (χ0n) is 16.6. The van der Waals surface area contributed by atoms with Gasteiger partial charge in [0.05, 0.1) is 4.90 Å². The normalized spacial score (nSPS) is 12.6. The van der Waals surface area contributed by atoms with Gasteiger partial charge >= 0.3 is 6.36 Å². The highest BCUT2D eigenvalue weighted by molar-refractivity contribution is 7.86. The highest BCUT2D eigenvalue weighted by atomic mass is 32.2. The fourth-order valence-electron chi connectivity index (χ4n) is 2.97. The van der Waals surface area contributed by atoms with Gasteiger partial charge in [0, 0.05) is 11.3 Å². The van der Waals surface area contributed by atoms with Gasteiger partial charge in [0.15, 0.2) is 6.29 Å². The molecular formula is C22H20F3NO4S. The molecule has 9 heteroatoms. The second kappa shape index (κ2) is 9.09. The van der Waals surface area contributed by atoms with Crippen molar-refractivity contribution in [2.45, 2.75) is 31.4 Å². The fraction of sp³-hybridized carbons (Fsp3) is 0.182. The van der Waals surface area contributed by atoms with Crippen LogP contribution in [0.2, 0.25) is 0 Å². The van der Waals surface area contributed by atoms with E-state index in [0.29, 0.717) is 27.3 Å². The molecule has 0 fully saturated rings. The minimum atomic E-state index is -4.74. The first-order valence-electron chi connectivity index (χ1n) is 9.15. The third kappa shape index (κ3) is 5.84. The Morgan fingerprint density at radius 2 is 1.48 bits per heavy atom.